The van der Waals surface area contributed by atoms with Crippen LogP contribution in [-0.2, 0) is 0 Å². The number of halogens is 1. The third-order valence-electron chi connectivity index (χ3n) is 2.39. The first-order chi connectivity index (χ1) is 7.74. The molecule has 0 atom stereocenters. The van der Waals surface area contributed by atoms with Gasteiger partial charge in [0.2, 0.25) is 0 Å². The zero-order valence-corrected chi connectivity index (χ0v) is 10.1. The van der Waals surface area contributed by atoms with Crippen LogP contribution in [0.25, 0.3) is 0 Å². The first-order valence-electron chi connectivity index (χ1n) is 5.83. The fraction of sp³-hybridized carbons (Fsp3) is 0.538. The van der Waals surface area contributed by atoms with E-state index in [4.69, 9.17) is 4.74 Å². The molecule has 2 nitrogen and oxygen atoms in total. The molecule has 0 aliphatic rings. The van der Waals surface area contributed by atoms with E-state index in [2.05, 4.69) is 12.2 Å². The van der Waals surface area contributed by atoms with Crippen LogP contribution in [0.3, 0.4) is 0 Å². The average Bonchev–Trinajstić information content (AvgIpc) is 2.26. The lowest BCUT2D eigenvalue weighted by Gasteiger charge is -2.09. The third-order valence-corrected chi connectivity index (χ3v) is 2.39. The molecule has 0 aliphatic heterocycles. The smallest absolute Gasteiger partial charge is 0.123 e. The molecule has 1 N–H and O–H groups in total. The van der Waals surface area contributed by atoms with Crippen LogP contribution in [0.1, 0.15) is 25.3 Å². The second kappa shape index (κ2) is 7.23. The Morgan fingerprint density at radius 3 is 2.81 bits per heavy atom. The van der Waals surface area contributed by atoms with Gasteiger partial charge in [0.1, 0.15) is 11.6 Å². The Kier molecular flexibility index (Phi) is 5.86. The van der Waals surface area contributed by atoms with E-state index >= 15 is 0 Å². The molecule has 0 aromatic heterocycles. The quantitative estimate of drug-likeness (QED) is 0.720. The molecule has 0 unspecified atom stereocenters. The summed E-state index contributed by atoms with van der Waals surface area (Å²) in [5, 5.41) is 3.26. The minimum absolute atomic E-state index is 0.211. The summed E-state index contributed by atoms with van der Waals surface area (Å²) in [6, 6.07) is 4.61. The van der Waals surface area contributed by atoms with Gasteiger partial charge in [-0.2, -0.15) is 0 Å². The molecule has 90 valence electrons. The van der Waals surface area contributed by atoms with E-state index in [9.17, 15) is 4.39 Å². The lowest BCUT2D eigenvalue weighted by atomic mass is 10.2. The van der Waals surface area contributed by atoms with Gasteiger partial charge in [0.05, 0.1) is 6.61 Å². The standard InChI is InChI=1S/C13H20FNO/c1-3-15-8-4-5-9-16-13-7-6-12(14)10-11(13)2/h6-7,10,15H,3-5,8-9H2,1-2H3. The Morgan fingerprint density at radius 1 is 1.31 bits per heavy atom. The molecule has 0 aliphatic carbocycles. The second-order valence-corrected chi connectivity index (χ2v) is 3.82. The Bertz CT molecular complexity index is 315. The van der Waals surface area contributed by atoms with Crippen molar-refractivity contribution in [3.8, 4) is 5.75 Å². The average molecular weight is 225 g/mol. The van der Waals surface area contributed by atoms with Gasteiger partial charge in [-0.3, -0.25) is 0 Å². The molecular formula is C13H20FNO. The predicted octanol–water partition coefficient (Wildman–Crippen LogP) is 2.90. The number of aryl methyl sites for hydroxylation is 1. The van der Waals surface area contributed by atoms with Crippen LogP contribution in [0.2, 0.25) is 0 Å². The maximum absolute atomic E-state index is 12.8. The molecule has 16 heavy (non-hydrogen) atoms. The number of rotatable bonds is 7. The van der Waals surface area contributed by atoms with Gasteiger partial charge < -0.3 is 10.1 Å². The highest BCUT2D eigenvalue weighted by atomic mass is 19.1. The van der Waals surface area contributed by atoms with Crippen molar-refractivity contribution in [2.24, 2.45) is 0 Å². The van der Waals surface area contributed by atoms with Gasteiger partial charge in [-0.15, -0.1) is 0 Å². The van der Waals surface area contributed by atoms with Gasteiger partial charge in [0, 0.05) is 0 Å². The van der Waals surface area contributed by atoms with Crippen LogP contribution >= 0.6 is 0 Å². The van der Waals surface area contributed by atoms with Gasteiger partial charge >= 0.3 is 0 Å². The maximum atomic E-state index is 12.8. The molecule has 0 saturated carbocycles. The lowest BCUT2D eigenvalue weighted by Crippen LogP contribution is -2.14. The molecule has 0 saturated heterocycles. The van der Waals surface area contributed by atoms with Crippen molar-refractivity contribution in [2.45, 2.75) is 26.7 Å². The zero-order valence-electron chi connectivity index (χ0n) is 10.1. The number of ether oxygens (including phenoxy) is 1. The van der Waals surface area contributed by atoms with Crippen LogP contribution in [0.4, 0.5) is 4.39 Å². The van der Waals surface area contributed by atoms with E-state index < -0.39 is 0 Å². The molecule has 0 fully saturated rings. The molecule has 1 aromatic carbocycles. The van der Waals surface area contributed by atoms with Crippen molar-refractivity contribution in [2.75, 3.05) is 19.7 Å². The highest BCUT2D eigenvalue weighted by Gasteiger charge is 2.00. The summed E-state index contributed by atoms with van der Waals surface area (Å²) in [5.41, 5.74) is 0.853. The van der Waals surface area contributed by atoms with Crippen molar-refractivity contribution in [1.29, 1.82) is 0 Å². The number of unbranched alkanes of at least 4 members (excludes halogenated alkanes) is 1. The van der Waals surface area contributed by atoms with Crippen LogP contribution in [0.5, 0.6) is 5.75 Å². The molecule has 1 aromatic rings. The number of nitrogens with one attached hydrogen (secondary N) is 1. The number of benzene rings is 1. The van der Waals surface area contributed by atoms with Crippen molar-refractivity contribution in [3.63, 3.8) is 0 Å². The SMILES string of the molecule is CCNCCCCOc1ccc(F)cc1C. The van der Waals surface area contributed by atoms with Gasteiger partial charge in [0.25, 0.3) is 0 Å². The molecular weight excluding hydrogens is 205 g/mol. The van der Waals surface area contributed by atoms with Crippen molar-refractivity contribution in [1.82, 2.24) is 5.32 Å². The summed E-state index contributed by atoms with van der Waals surface area (Å²) in [7, 11) is 0. The Labute approximate surface area is 96.8 Å². The van der Waals surface area contributed by atoms with E-state index in [0.717, 1.165) is 37.2 Å². The highest BCUT2D eigenvalue weighted by Crippen LogP contribution is 2.18. The Morgan fingerprint density at radius 2 is 2.12 bits per heavy atom. The summed E-state index contributed by atoms with van der Waals surface area (Å²) >= 11 is 0. The van der Waals surface area contributed by atoms with Crippen molar-refractivity contribution >= 4 is 0 Å². The summed E-state index contributed by atoms with van der Waals surface area (Å²) in [6.07, 6.45) is 2.12. The first kappa shape index (κ1) is 13.0. The normalized spacial score (nSPS) is 10.4. The largest absolute Gasteiger partial charge is 0.493 e. The monoisotopic (exact) mass is 225 g/mol. The maximum Gasteiger partial charge on any atom is 0.123 e. The Balaban J connectivity index is 2.21. The fourth-order valence-corrected chi connectivity index (χ4v) is 1.49. The molecule has 0 heterocycles. The molecule has 0 radical (unpaired) electrons. The summed E-state index contributed by atoms with van der Waals surface area (Å²) < 4.78 is 18.4. The minimum atomic E-state index is -0.211. The zero-order chi connectivity index (χ0) is 11.8. The van der Waals surface area contributed by atoms with Crippen molar-refractivity contribution in [3.05, 3.63) is 29.6 Å². The van der Waals surface area contributed by atoms with Crippen LogP contribution in [0.15, 0.2) is 18.2 Å². The van der Waals surface area contributed by atoms with Gasteiger partial charge in [-0.1, -0.05) is 6.92 Å². The second-order valence-electron chi connectivity index (χ2n) is 3.82. The number of hydrogen-bond donors (Lipinski definition) is 1. The molecule has 3 heteroatoms. The number of hydrogen-bond acceptors (Lipinski definition) is 2. The lowest BCUT2D eigenvalue weighted by molar-refractivity contribution is 0.303. The molecule has 1 rings (SSSR count). The van der Waals surface area contributed by atoms with Gasteiger partial charge in [-0.25, -0.2) is 4.39 Å². The highest BCUT2D eigenvalue weighted by molar-refractivity contribution is 5.32. The van der Waals surface area contributed by atoms with Crippen LogP contribution in [-0.4, -0.2) is 19.7 Å². The van der Waals surface area contributed by atoms with Gasteiger partial charge in [-0.05, 0) is 56.6 Å². The van der Waals surface area contributed by atoms with E-state index in [1.165, 1.54) is 12.1 Å². The summed E-state index contributed by atoms with van der Waals surface area (Å²) in [4.78, 5) is 0. The molecule has 0 amide bonds. The summed E-state index contributed by atoms with van der Waals surface area (Å²) in [6.45, 7) is 6.69. The van der Waals surface area contributed by atoms with Crippen molar-refractivity contribution < 1.29 is 9.13 Å². The first-order valence-corrected chi connectivity index (χ1v) is 5.83. The van der Waals surface area contributed by atoms with E-state index in [-0.39, 0.29) is 5.82 Å². The molecule has 0 spiro atoms. The Hall–Kier alpha value is -1.09. The third kappa shape index (κ3) is 4.62. The van der Waals surface area contributed by atoms with E-state index in [1.54, 1.807) is 6.07 Å². The minimum Gasteiger partial charge on any atom is -0.493 e. The predicted molar refractivity (Wildman–Crippen MR) is 64.4 cm³/mol. The van der Waals surface area contributed by atoms with E-state index in [1.807, 2.05) is 6.92 Å². The van der Waals surface area contributed by atoms with Crippen LogP contribution < -0.4 is 10.1 Å². The van der Waals surface area contributed by atoms with E-state index in [0.29, 0.717) is 6.61 Å². The molecule has 0 bridgehead atoms. The fourth-order valence-electron chi connectivity index (χ4n) is 1.49. The topological polar surface area (TPSA) is 21.3 Å². The van der Waals surface area contributed by atoms with Crippen LogP contribution in [0, 0.1) is 12.7 Å². The van der Waals surface area contributed by atoms with Gasteiger partial charge in [0.15, 0.2) is 0 Å². The summed E-state index contributed by atoms with van der Waals surface area (Å²) in [5.74, 6) is 0.571.